The maximum atomic E-state index is 13.9. The molecule has 2 nitrogen and oxygen atoms in total. The second-order valence-corrected chi connectivity index (χ2v) is 5.88. The molecule has 1 aromatic carbocycles. The Bertz CT molecular complexity index is 419. The molecule has 1 aliphatic rings. The van der Waals surface area contributed by atoms with Crippen LogP contribution in [0.2, 0.25) is 0 Å². The zero-order valence-corrected chi connectivity index (χ0v) is 12.8. The molecule has 1 aromatic rings. The molecule has 0 saturated carbocycles. The molecule has 1 unspecified atom stereocenters. The van der Waals surface area contributed by atoms with Crippen molar-refractivity contribution in [2.24, 2.45) is 5.92 Å². The molecule has 0 radical (unpaired) electrons. The molecule has 1 fully saturated rings. The summed E-state index contributed by atoms with van der Waals surface area (Å²) >= 11 is 0. The minimum Gasteiger partial charge on any atom is -0.313 e. The van der Waals surface area contributed by atoms with Gasteiger partial charge in [0.2, 0.25) is 0 Å². The van der Waals surface area contributed by atoms with E-state index in [1.807, 2.05) is 12.1 Å². The molecular weight excluding hydrogens is 251 g/mol. The maximum absolute atomic E-state index is 13.9. The van der Waals surface area contributed by atoms with Crippen LogP contribution in [0.4, 0.5) is 4.39 Å². The van der Waals surface area contributed by atoms with Crippen LogP contribution >= 0.6 is 0 Å². The van der Waals surface area contributed by atoms with Gasteiger partial charge in [-0.25, -0.2) is 4.39 Å². The highest BCUT2D eigenvalue weighted by Crippen LogP contribution is 2.23. The largest absolute Gasteiger partial charge is 0.313 e. The fourth-order valence-electron chi connectivity index (χ4n) is 3.07. The quantitative estimate of drug-likeness (QED) is 0.820. The van der Waals surface area contributed by atoms with Crippen molar-refractivity contribution in [3.63, 3.8) is 0 Å². The summed E-state index contributed by atoms with van der Waals surface area (Å²) in [5, 5.41) is 3.29. The van der Waals surface area contributed by atoms with Crippen molar-refractivity contribution >= 4 is 0 Å². The molecular formula is C17H27FN2. The summed E-state index contributed by atoms with van der Waals surface area (Å²) in [6, 6.07) is 5.51. The van der Waals surface area contributed by atoms with Crippen molar-refractivity contribution in [3.05, 3.63) is 35.1 Å². The first-order valence-corrected chi connectivity index (χ1v) is 7.93. The molecule has 0 amide bonds. The topological polar surface area (TPSA) is 15.3 Å². The van der Waals surface area contributed by atoms with Crippen LogP contribution in [0.1, 0.15) is 44.2 Å². The number of nitrogens with one attached hydrogen (secondary N) is 1. The summed E-state index contributed by atoms with van der Waals surface area (Å²) in [4.78, 5) is 2.40. The number of halogens is 1. The zero-order chi connectivity index (χ0) is 14.4. The molecule has 1 aliphatic heterocycles. The molecule has 1 atom stereocenters. The van der Waals surface area contributed by atoms with Crippen LogP contribution in [0.3, 0.4) is 0 Å². The van der Waals surface area contributed by atoms with E-state index in [0.717, 1.165) is 44.2 Å². The minimum absolute atomic E-state index is 0.0656. The van der Waals surface area contributed by atoms with Crippen molar-refractivity contribution in [1.29, 1.82) is 0 Å². The lowest BCUT2D eigenvalue weighted by Gasteiger charge is -2.17. The lowest BCUT2D eigenvalue weighted by molar-refractivity contribution is 0.308. The molecule has 1 saturated heterocycles. The third kappa shape index (κ3) is 4.29. The van der Waals surface area contributed by atoms with E-state index in [2.05, 4.69) is 24.1 Å². The van der Waals surface area contributed by atoms with Crippen LogP contribution in [-0.2, 0) is 13.1 Å². The predicted molar refractivity (Wildman–Crippen MR) is 82.1 cm³/mol. The number of rotatable bonds is 7. The number of nitrogens with zero attached hydrogens (tertiary/aromatic N) is 1. The number of benzene rings is 1. The van der Waals surface area contributed by atoms with Gasteiger partial charge in [0.05, 0.1) is 0 Å². The predicted octanol–water partition coefficient (Wildman–Crippen LogP) is 3.56. The Morgan fingerprint density at radius 1 is 1.35 bits per heavy atom. The lowest BCUT2D eigenvalue weighted by Crippen LogP contribution is -2.21. The zero-order valence-electron chi connectivity index (χ0n) is 12.8. The fourth-order valence-corrected chi connectivity index (χ4v) is 3.07. The molecule has 3 heteroatoms. The van der Waals surface area contributed by atoms with Crippen LogP contribution < -0.4 is 5.32 Å². The van der Waals surface area contributed by atoms with E-state index in [9.17, 15) is 4.39 Å². The average molecular weight is 278 g/mol. The summed E-state index contributed by atoms with van der Waals surface area (Å²) in [6.45, 7) is 9.09. The van der Waals surface area contributed by atoms with E-state index in [1.165, 1.54) is 24.8 Å². The van der Waals surface area contributed by atoms with E-state index >= 15 is 0 Å². The van der Waals surface area contributed by atoms with Crippen LogP contribution in [0, 0.1) is 11.7 Å². The highest BCUT2D eigenvalue weighted by atomic mass is 19.1. The Labute approximate surface area is 122 Å². The highest BCUT2D eigenvalue weighted by molar-refractivity contribution is 5.25. The van der Waals surface area contributed by atoms with Crippen LogP contribution in [0.25, 0.3) is 0 Å². The van der Waals surface area contributed by atoms with Gasteiger partial charge in [-0.1, -0.05) is 32.4 Å². The molecule has 2 rings (SSSR count). The minimum atomic E-state index is -0.0656. The molecule has 1 N–H and O–H groups in total. The van der Waals surface area contributed by atoms with Crippen molar-refractivity contribution in [2.45, 2.75) is 46.2 Å². The van der Waals surface area contributed by atoms with E-state index < -0.39 is 0 Å². The van der Waals surface area contributed by atoms with Crippen molar-refractivity contribution in [1.82, 2.24) is 10.2 Å². The van der Waals surface area contributed by atoms with E-state index in [0.29, 0.717) is 0 Å². The van der Waals surface area contributed by atoms with E-state index in [4.69, 9.17) is 0 Å². The van der Waals surface area contributed by atoms with Gasteiger partial charge in [-0.2, -0.15) is 0 Å². The summed E-state index contributed by atoms with van der Waals surface area (Å²) in [5.74, 6) is 0.747. The van der Waals surface area contributed by atoms with Gasteiger partial charge in [0.25, 0.3) is 0 Å². The number of hydrogen-bond donors (Lipinski definition) is 1. The van der Waals surface area contributed by atoms with Crippen LogP contribution in [0.5, 0.6) is 0 Å². The Kier molecular flexibility index (Phi) is 5.99. The van der Waals surface area contributed by atoms with Gasteiger partial charge in [-0.3, -0.25) is 4.90 Å². The third-order valence-corrected chi connectivity index (χ3v) is 4.15. The van der Waals surface area contributed by atoms with Crippen molar-refractivity contribution < 1.29 is 4.39 Å². The second-order valence-electron chi connectivity index (χ2n) is 5.88. The summed E-state index contributed by atoms with van der Waals surface area (Å²) < 4.78 is 13.9. The van der Waals surface area contributed by atoms with Gasteiger partial charge in [0.1, 0.15) is 5.82 Å². The fraction of sp³-hybridized carbons (Fsp3) is 0.647. The Morgan fingerprint density at radius 2 is 2.20 bits per heavy atom. The number of hydrogen-bond acceptors (Lipinski definition) is 2. The van der Waals surface area contributed by atoms with Gasteiger partial charge in [0, 0.05) is 25.2 Å². The Balaban J connectivity index is 1.94. The van der Waals surface area contributed by atoms with E-state index in [-0.39, 0.29) is 5.82 Å². The lowest BCUT2D eigenvalue weighted by atomic mass is 10.0. The standard InChI is InChI=1S/C17H27FN2/c1-3-5-14-8-9-20(12-14)13-16-10-15(11-19-4-2)6-7-17(16)18/h6-7,10,14,19H,3-5,8-9,11-13H2,1-2H3. The summed E-state index contributed by atoms with van der Waals surface area (Å²) in [6.07, 6.45) is 3.83. The van der Waals surface area contributed by atoms with Gasteiger partial charge < -0.3 is 5.32 Å². The highest BCUT2D eigenvalue weighted by Gasteiger charge is 2.22. The monoisotopic (exact) mass is 278 g/mol. The first-order chi connectivity index (χ1) is 9.72. The first-order valence-electron chi connectivity index (χ1n) is 7.93. The smallest absolute Gasteiger partial charge is 0.127 e. The van der Waals surface area contributed by atoms with Gasteiger partial charge in [-0.05, 0) is 43.5 Å². The molecule has 1 heterocycles. The molecule has 0 aromatic heterocycles. The van der Waals surface area contributed by atoms with E-state index in [1.54, 1.807) is 6.07 Å². The summed E-state index contributed by atoms with van der Waals surface area (Å²) in [5.41, 5.74) is 2.02. The van der Waals surface area contributed by atoms with Gasteiger partial charge in [0.15, 0.2) is 0 Å². The maximum Gasteiger partial charge on any atom is 0.127 e. The average Bonchev–Trinajstić information content (AvgIpc) is 2.87. The SMILES string of the molecule is CCCC1CCN(Cc2cc(CNCC)ccc2F)C1. The molecule has 0 bridgehead atoms. The second kappa shape index (κ2) is 7.75. The summed E-state index contributed by atoms with van der Waals surface area (Å²) in [7, 11) is 0. The normalized spacial score (nSPS) is 19.6. The number of likely N-dealkylation sites (tertiary alicyclic amines) is 1. The molecule has 0 aliphatic carbocycles. The Hall–Kier alpha value is -0.930. The van der Waals surface area contributed by atoms with Gasteiger partial charge >= 0.3 is 0 Å². The van der Waals surface area contributed by atoms with Crippen LogP contribution in [0.15, 0.2) is 18.2 Å². The molecule has 20 heavy (non-hydrogen) atoms. The van der Waals surface area contributed by atoms with Crippen molar-refractivity contribution in [2.75, 3.05) is 19.6 Å². The van der Waals surface area contributed by atoms with Crippen LogP contribution in [-0.4, -0.2) is 24.5 Å². The third-order valence-electron chi connectivity index (χ3n) is 4.15. The Morgan fingerprint density at radius 3 is 2.95 bits per heavy atom. The van der Waals surface area contributed by atoms with Crippen molar-refractivity contribution in [3.8, 4) is 0 Å². The first kappa shape index (κ1) is 15.5. The van der Waals surface area contributed by atoms with Gasteiger partial charge in [-0.15, -0.1) is 0 Å². The molecule has 112 valence electrons. The molecule has 0 spiro atoms.